The van der Waals surface area contributed by atoms with E-state index in [9.17, 15) is 0 Å². The molecule has 2 N–H and O–H groups in total. The number of nitrogens with two attached hydrogens (primary N) is 1. The molecular formula is C14H16N2O2. The van der Waals surface area contributed by atoms with Crippen LogP contribution in [0.15, 0.2) is 42.6 Å². The molecule has 0 saturated carbocycles. The summed E-state index contributed by atoms with van der Waals surface area (Å²) < 4.78 is 10.9. The van der Waals surface area contributed by atoms with E-state index in [2.05, 4.69) is 4.98 Å². The third-order valence-corrected chi connectivity index (χ3v) is 2.55. The molecule has 0 aliphatic heterocycles. The predicted molar refractivity (Wildman–Crippen MR) is 69.9 cm³/mol. The summed E-state index contributed by atoms with van der Waals surface area (Å²) in [6.07, 6.45) is 1.68. The highest BCUT2D eigenvalue weighted by atomic mass is 16.5. The molecular weight excluding hydrogens is 228 g/mol. The summed E-state index contributed by atoms with van der Waals surface area (Å²) >= 11 is 0. The van der Waals surface area contributed by atoms with Crippen molar-refractivity contribution in [2.45, 2.75) is 13.0 Å². The Morgan fingerprint density at radius 2 is 1.94 bits per heavy atom. The van der Waals surface area contributed by atoms with E-state index >= 15 is 0 Å². The average Bonchev–Trinajstić information content (AvgIpc) is 2.39. The number of rotatable bonds is 4. The average molecular weight is 244 g/mol. The van der Waals surface area contributed by atoms with Crippen LogP contribution in [0.3, 0.4) is 0 Å². The van der Waals surface area contributed by atoms with Crippen LogP contribution >= 0.6 is 0 Å². The molecule has 4 heteroatoms. The molecule has 0 fully saturated rings. The Balaban J connectivity index is 2.28. The Morgan fingerprint density at radius 1 is 1.17 bits per heavy atom. The summed E-state index contributed by atoms with van der Waals surface area (Å²) in [4.78, 5) is 4.21. The minimum atomic E-state index is -0.126. The molecule has 1 heterocycles. The van der Waals surface area contributed by atoms with Gasteiger partial charge in [-0.3, -0.25) is 0 Å². The summed E-state index contributed by atoms with van der Waals surface area (Å²) in [7, 11) is 1.62. The maximum Gasteiger partial charge on any atom is 0.223 e. The number of ether oxygens (including phenoxy) is 2. The molecule has 1 atom stereocenters. The molecule has 0 spiro atoms. The van der Waals surface area contributed by atoms with Crippen molar-refractivity contribution in [2.24, 2.45) is 5.73 Å². The van der Waals surface area contributed by atoms with Crippen molar-refractivity contribution in [1.82, 2.24) is 4.98 Å². The Kier molecular flexibility index (Phi) is 3.79. The molecule has 4 nitrogen and oxygen atoms in total. The zero-order valence-electron chi connectivity index (χ0n) is 10.5. The topological polar surface area (TPSA) is 57.4 Å². The standard InChI is InChI=1S/C14H16N2O2/c1-10(15)13-7-4-8-16-14(13)18-12-6-3-5-11(9-12)17-2/h3-10H,15H2,1-2H3/t10-/m0/s1. The van der Waals surface area contributed by atoms with Crippen molar-refractivity contribution in [1.29, 1.82) is 0 Å². The lowest BCUT2D eigenvalue weighted by Crippen LogP contribution is -2.07. The van der Waals surface area contributed by atoms with E-state index in [4.69, 9.17) is 15.2 Å². The number of methoxy groups -OCH3 is 1. The highest BCUT2D eigenvalue weighted by molar-refractivity contribution is 5.37. The first-order chi connectivity index (χ1) is 8.70. The van der Waals surface area contributed by atoms with E-state index in [1.54, 1.807) is 19.4 Å². The van der Waals surface area contributed by atoms with Gasteiger partial charge in [0.2, 0.25) is 5.88 Å². The van der Waals surface area contributed by atoms with Crippen molar-refractivity contribution in [3.05, 3.63) is 48.2 Å². The summed E-state index contributed by atoms with van der Waals surface area (Å²) in [6.45, 7) is 1.90. The van der Waals surface area contributed by atoms with E-state index in [-0.39, 0.29) is 6.04 Å². The van der Waals surface area contributed by atoms with Crippen LogP contribution in [0, 0.1) is 0 Å². The van der Waals surface area contributed by atoms with Gasteiger partial charge < -0.3 is 15.2 Å². The van der Waals surface area contributed by atoms with Gasteiger partial charge in [0, 0.05) is 23.9 Å². The van der Waals surface area contributed by atoms with Gasteiger partial charge in [-0.05, 0) is 25.1 Å². The summed E-state index contributed by atoms with van der Waals surface area (Å²) in [5.74, 6) is 1.95. The molecule has 1 aromatic heterocycles. The first kappa shape index (κ1) is 12.4. The van der Waals surface area contributed by atoms with Gasteiger partial charge in [-0.25, -0.2) is 4.98 Å². The van der Waals surface area contributed by atoms with Crippen LogP contribution in [-0.2, 0) is 0 Å². The Hall–Kier alpha value is -2.07. The van der Waals surface area contributed by atoms with Gasteiger partial charge in [0.05, 0.1) is 7.11 Å². The molecule has 18 heavy (non-hydrogen) atoms. The van der Waals surface area contributed by atoms with Crippen molar-refractivity contribution in [3.8, 4) is 17.4 Å². The molecule has 0 unspecified atom stereocenters. The molecule has 94 valence electrons. The molecule has 0 bridgehead atoms. The molecule has 1 aromatic carbocycles. The molecule has 0 saturated heterocycles. The van der Waals surface area contributed by atoms with Crippen LogP contribution in [0.2, 0.25) is 0 Å². The number of hydrogen-bond donors (Lipinski definition) is 1. The number of pyridine rings is 1. The van der Waals surface area contributed by atoms with E-state index in [1.165, 1.54) is 0 Å². The van der Waals surface area contributed by atoms with Crippen LogP contribution in [0.4, 0.5) is 0 Å². The third-order valence-electron chi connectivity index (χ3n) is 2.55. The normalized spacial score (nSPS) is 11.9. The van der Waals surface area contributed by atoms with E-state index < -0.39 is 0 Å². The minimum Gasteiger partial charge on any atom is -0.497 e. The second-order valence-corrected chi connectivity index (χ2v) is 3.97. The second kappa shape index (κ2) is 5.51. The minimum absolute atomic E-state index is 0.126. The van der Waals surface area contributed by atoms with Gasteiger partial charge in [0.25, 0.3) is 0 Å². The van der Waals surface area contributed by atoms with E-state index in [1.807, 2.05) is 37.3 Å². The molecule has 0 amide bonds. The number of benzene rings is 1. The molecule has 2 aromatic rings. The van der Waals surface area contributed by atoms with Gasteiger partial charge in [0.15, 0.2) is 0 Å². The van der Waals surface area contributed by atoms with Gasteiger partial charge in [-0.15, -0.1) is 0 Å². The summed E-state index contributed by atoms with van der Waals surface area (Å²) in [5, 5.41) is 0. The van der Waals surface area contributed by atoms with Gasteiger partial charge in [0.1, 0.15) is 11.5 Å². The fourth-order valence-corrected chi connectivity index (χ4v) is 1.61. The fraction of sp³-hybridized carbons (Fsp3) is 0.214. The third kappa shape index (κ3) is 2.78. The van der Waals surface area contributed by atoms with Crippen LogP contribution in [0.1, 0.15) is 18.5 Å². The lowest BCUT2D eigenvalue weighted by Gasteiger charge is -2.12. The predicted octanol–water partition coefficient (Wildman–Crippen LogP) is 2.90. The lowest BCUT2D eigenvalue weighted by molar-refractivity contribution is 0.406. The van der Waals surface area contributed by atoms with Crippen LogP contribution in [0.25, 0.3) is 0 Å². The van der Waals surface area contributed by atoms with Crippen molar-refractivity contribution in [2.75, 3.05) is 7.11 Å². The molecule has 0 aliphatic rings. The first-order valence-corrected chi connectivity index (χ1v) is 5.73. The van der Waals surface area contributed by atoms with Gasteiger partial charge >= 0.3 is 0 Å². The Morgan fingerprint density at radius 3 is 2.67 bits per heavy atom. The molecule has 0 radical (unpaired) electrons. The van der Waals surface area contributed by atoms with Crippen LogP contribution < -0.4 is 15.2 Å². The maximum atomic E-state index is 5.88. The molecule has 2 rings (SSSR count). The van der Waals surface area contributed by atoms with Crippen molar-refractivity contribution < 1.29 is 9.47 Å². The smallest absolute Gasteiger partial charge is 0.223 e. The van der Waals surface area contributed by atoms with E-state index in [0.717, 1.165) is 11.3 Å². The van der Waals surface area contributed by atoms with Crippen molar-refractivity contribution in [3.63, 3.8) is 0 Å². The van der Waals surface area contributed by atoms with E-state index in [0.29, 0.717) is 11.6 Å². The Labute approximate surface area is 106 Å². The van der Waals surface area contributed by atoms with Gasteiger partial charge in [-0.1, -0.05) is 12.1 Å². The highest BCUT2D eigenvalue weighted by Crippen LogP contribution is 2.28. The molecule has 0 aliphatic carbocycles. The second-order valence-electron chi connectivity index (χ2n) is 3.97. The summed E-state index contributed by atoms with van der Waals surface area (Å²) in [5.41, 5.74) is 6.75. The zero-order valence-corrected chi connectivity index (χ0v) is 10.5. The maximum absolute atomic E-state index is 5.88. The fourth-order valence-electron chi connectivity index (χ4n) is 1.61. The van der Waals surface area contributed by atoms with Gasteiger partial charge in [-0.2, -0.15) is 0 Å². The lowest BCUT2D eigenvalue weighted by atomic mass is 10.1. The largest absolute Gasteiger partial charge is 0.497 e. The van der Waals surface area contributed by atoms with Crippen LogP contribution in [-0.4, -0.2) is 12.1 Å². The first-order valence-electron chi connectivity index (χ1n) is 5.73. The quantitative estimate of drug-likeness (QED) is 0.898. The SMILES string of the molecule is COc1cccc(Oc2ncccc2[C@H](C)N)c1. The number of hydrogen-bond acceptors (Lipinski definition) is 4. The highest BCUT2D eigenvalue weighted by Gasteiger charge is 2.09. The Bertz CT molecular complexity index is 527. The monoisotopic (exact) mass is 244 g/mol. The summed E-state index contributed by atoms with van der Waals surface area (Å²) in [6, 6.07) is 11.0. The number of aromatic nitrogens is 1. The van der Waals surface area contributed by atoms with Crippen LogP contribution in [0.5, 0.6) is 17.4 Å². The van der Waals surface area contributed by atoms with Crippen molar-refractivity contribution >= 4 is 0 Å². The number of nitrogens with zero attached hydrogens (tertiary/aromatic N) is 1. The zero-order chi connectivity index (χ0) is 13.0.